The molecule has 148 valence electrons. The maximum absolute atomic E-state index is 5.81. The van der Waals surface area contributed by atoms with Crippen molar-refractivity contribution >= 4 is 5.96 Å². The first-order valence-corrected chi connectivity index (χ1v) is 9.99. The fourth-order valence-electron chi connectivity index (χ4n) is 3.51. The van der Waals surface area contributed by atoms with Gasteiger partial charge in [-0.05, 0) is 57.3 Å². The summed E-state index contributed by atoms with van der Waals surface area (Å²) in [6.07, 6.45) is 5.53. The fourth-order valence-corrected chi connectivity index (χ4v) is 3.51. The molecule has 0 aliphatic carbocycles. The summed E-state index contributed by atoms with van der Waals surface area (Å²) in [7, 11) is 1.82. The Hall–Kier alpha value is -1.53. The normalized spacial score (nSPS) is 18.3. The Morgan fingerprint density at radius 2 is 2.08 bits per heavy atom. The number of nitrogens with zero attached hydrogens (tertiary/aromatic N) is 2. The number of nitrogens with one attached hydrogen (secondary N) is 2. The van der Waals surface area contributed by atoms with E-state index < -0.39 is 0 Å². The lowest BCUT2D eigenvalue weighted by molar-refractivity contribution is 0.0258. The minimum absolute atomic E-state index is 0.248. The molecule has 1 aliphatic rings. The monoisotopic (exact) mass is 364 g/mol. The zero-order valence-corrected chi connectivity index (χ0v) is 16.8. The molecule has 1 fully saturated rings. The van der Waals surface area contributed by atoms with Crippen molar-refractivity contribution in [2.45, 2.75) is 52.2 Å². The van der Waals surface area contributed by atoms with Gasteiger partial charge in [-0.15, -0.1) is 0 Å². The largest absolute Gasteiger partial charge is 0.468 e. The highest BCUT2D eigenvalue weighted by atomic mass is 16.5. The molecule has 2 N–H and O–H groups in total. The molecule has 0 bridgehead atoms. The van der Waals surface area contributed by atoms with Crippen molar-refractivity contribution in [3.8, 4) is 0 Å². The second-order valence-electron chi connectivity index (χ2n) is 7.18. The Kier molecular flexibility index (Phi) is 8.98. The topological polar surface area (TPSA) is 62.0 Å². The van der Waals surface area contributed by atoms with Crippen molar-refractivity contribution in [2.24, 2.45) is 10.9 Å². The van der Waals surface area contributed by atoms with E-state index in [1.54, 1.807) is 6.26 Å². The van der Waals surface area contributed by atoms with Gasteiger partial charge in [-0.2, -0.15) is 0 Å². The zero-order valence-electron chi connectivity index (χ0n) is 16.8. The first-order valence-electron chi connectivity index (χ1n) is 9.99. The van der Waals surface area contributed by atoms with E-state index in [4.69, 9.17) is 9.15 Å². The highest BCUT2D eigenvalue weighted by Crippen LogP contribution is 2.24. The lowest BCUT2D eigenvalue weighted by Gasteiger charge is -2.27. The SMILES string of the molecule is CCOC(CCNC(=NC)NCC(c1ccco1)N1CCCC1)C(C)C. The van der Waals surface area contributed by atoms with E-state index in [-0.39, 0.29) is 12.1 Å². The molecular formula is C20H36N4O2. The minimum Gasteiger partial charge on any atom is -0.468 e. The lowest BCUT2D eigenvalue weighted by Crippen LogP contribution is -2.43. The van der Waals surface area contributed by atoms with E-state index in [0.29, 0.717) is 5.92 Å². The summed E-state index contributed by atoms with van der Waals surface area (Å²) in [4.78, 5) is 6.85. The Labute approximate surface area is 158 Å². The van der Waals surface area contributed by atoms with Crippen LogP contribution in [0.1, 0.15) is 51.8 Å². The molecule has 0 aromatic carbocycles. The number of likely N-dealkylation sites (tertiary alicyclic amines) is 1. The molecule has 0 radical (unpaired) electrons. The quantitative estimate of drug-likeness (QED) is 0.494. The Balaban J connectivity index is 1.82. The van der Waals surface area contributed by atoms with Crippen molar-refractivity contribution in [3.63, 3.8) is 0 Å². The smallest absolute Gasteiger partial charge is 0.191 e. The zero-order chi connectivity index (χ0) is 18.8. The van der Waals surface area contributed by atoms with Gasteiger partial charge in [0, 0.05) is 26.7 Å². The summed E-state index contributed by atoms with van der Waals surface area (Å²) < 4.78 is 11.5. The molecule has 6 heteroatoms. The molecular weight excluding hydrogens is 328 g/mol. The van der Waals surface area contributed by atoms with E-state index in [1.165, 1.54) is 12.8 Å². The van der Waals surface area contributed by atoms with E-state index in [2.05, 4.69) is 47.4 Å². The summed E-state index contributed by atoms with van der Waals surface area (Å²) in [5, 5.41) is 6.88. The average Bonchev–Trinajstić information content (AvgIpc) is 3.33. The van der Waals surface area contributed by atoms with E-state index in [0.717, 1.165) is 50.9 Å². The lowest BCUT2D eigenvalue weighted by atomic mass is 10.0. The summed E-state index contributed by atoms with van der Waals surface area (Å²) >= 11 is 0. The number of aliphatic imine (C=N–C) groups is 1. The van der Waals surface area contributed by atoms with Crippen LogP contribution in [0.15, 0.2) is 27.8 Å². The van der Waals surface area contributed by atoms with E-state index in [1.807, 2.05) is 13.1 Å². The van der Waals surface area contributed by atoms with Crippen LogP contribution in [-0.2, 0) is 4.74 Å². The van der Waals surface area contributed by atoms with Crippen LogP contribution >= 0.6 is 0 Å². The minimum atomic E-state index is 0.248. The van der Waals surface area contributed by atoms with Crippen molar-refractivity contribution in [2.75, 3.05) is 39.8 Å². The van der Waals surface area contributed by atoms with Crippen molar-refractivity contribution < 1.29 is 9.15 Å². The highest BCUT2D eigenvalue weighted by Gasteiger charge is 2.25. The van der Waals surface area contributed by atoms with Gasteiger partial charge in [-0.1, -0.05) is 13.8 Å². The van der Waals surface area contributed by atoms with Gasteiger partial charge < -0.3 is 19.8 Å². The van der Waals surface area contributed by atoms with E-state index >= 15 is 0 Å². The Morgan fingerprint density at radius 1 is 1.31 bits per heavy atom. The first-order chi connectivity index (χ1) is 12.7. The van der Waals surface area contributed by atoms with Crippen LogP contribution in [0.25, 0.3) is 0 Å². The third-order valence-corrected chi connectivity index (χ3v) is 4.99. The molecule has 1 aromatic rings. The molecule has 2 heterocycles. The molecule has 2 atom stereocenters. The number of hydrogen-bond donors (Lipinski definition) is 2. The van der Waals surface area contributed by atoms with E-state index in [9.17, 15) is 0 Å². The Morgan fingerprint density at radius 3 is 2.65 bits per heavy atom. The molecule has 2 unspecified atom stereocenters. The number of furan rings is 1. The van der Waals surface area contributed by atoms with Gasteiger partial charge in [0.1, 0.15) is 5.76 Å². The number of ether oxygens (including phenoxy) is 1. The number of hydrogen-bond acceptors (Lipinski definition) is 4. The predicted octanol–water partition coefficient (Wildman–Crippen LogP) is 3.03. The molecule has 1 saturated heterocycles. The molecule has 26 heavy (non-hydrogen) atoms. The van der Waals surface area contributed by atoms with Crippen molar-refractivity contribution in [3.05, 3.63) is 24.2 Å². The molecule has 0 saturated carbocycles. The van der Waals surface area contributed by atoms with Crippen LogP contribution in [-0.4, -0.2) is 56.8 Å². The molecule has 6 nitrogen and oxygen atoms in total. The second kappa shape index (κ2) is 11.2. The summed E-state index contributed by atoms with van der Waals surface area (Å²) in [5.74, 6) is 2.37. The molecule has 1 aliphatic heterocycles. The van der Waals surface area contributed by atoms with Crippen LogP contribution < -0.4 is 10.6 Å². The van der Waals surface area contributed by atoms with Crippen molar-refractivity contribution in [1.82, 2.24) is 15.5 Å². The van der Waals surface area contributed by atoms with Gasteiger partial charge in [0.05, 0.1) is 18.4 Å². The first kappa shape index (κ1) is 20.8. The maximum Gasteiger partial charge on any atom is 0.191 e. The van der Waals surface area contributed by atoms with Gasteiger partial charge in [0.15, 0.2) is 5.96 Å². The fraction of sp³-hybridized carbons (Fsp3) is 0.750. The third-order valence-electron chi connectivity index (χ3n) is 4.99. The van der Waals surface area contributed by atoms with Gasteiger partial charge in [0.2, 0.25) is 0 Å². The molecule has 0 spiro atoms. The van der Waals surface area contributed by atoms with Gasteiger partial charge in [0.25, 0.3) is 0 Å². The third kappa shape index (κ3) is 6.32. The van der Waals surface area contributed by atoms with Gasteiger partial charge in [-0.25, -0.2) is 0 Å². The standard InChI is InChI=1S/C20H36N4O2/c1-5-25-18(16(2)3)10-11-22-20(21-4)23-15-17(19-9-8-14-26-19)24-12-6-7-13-24/h8-9,14,16-18H,5-7,10-13,15H2,1-4H3,(H2,21,22,23). The Bertz CT molecular complexity index is 510. The summed E-state index contributed by atoms with van der Waals surface area (Å²) in [5.41, 5.74) is 0. The summed E-state index contributed by atoms with van der Waals surface area (Å²) in [6.45, 7) is 11.1. The highest BCUT2D eigenvalue weighted by molar-refractivity contribution is 5.79. The molecule has 0 amide bonds. The number of rotatable bonds is 10. The van der Waals surface area contributed by atoms with Gasteiger partial charge >= 0.3 is 0 Å². The summed E-state index contributed by atoms with van der Waals surface area (Å²) in [6, 6.07) is 4.28. The number of guanidine groups is 1. The maximum atomic E-state index is 5.81. The molecule has 2 rings (SSSR count). The second-order valence-corrected chi connectivity index (χ2v) is 7.18. The van der Waals surface area contributed by atoms with Crippen molar-refractivity contribution in [1.29, 1.82) is 0 Å². The predicted molar refractivity (Wildman–Crippen MR) is 106 cm³/mol. The van der Waals surface area contributed by atoms with Crippen LogP contribution in [0.4, 0.5) is 0 Å². The van der Waals surface area contributed by atoms with Crippen LogP contribution in [0.2, 0.25) is 0 Å². The van der Waals surface area contributed by atoms with Crippen LogP contribution in [0, 0.1) is 5.92 Å². The van der Waals surface area contributed by atoms with Crippen LogP contribution in [0.5, 0.6) is 0 Å². The van der Waals surface area contributed by atoms with Gasteiger partial charge in [-0.3, -0.25) is 9.89 Å². The average molecular weight is 365 g/mol. The van der Waals surface area contributed by atoms with Crippen LogP contribution in [0.3, 0.4) is 0 Å². The molecule has 1 aromatic heterocycles.